The van der Waals surface area contributed by atoms with Gasteiger partial charge in [0.2, 0.25) is 0 Å². The number of carboxylic acid groups (broad SMARTS) is 1. The van der Waals surface area contributed by atoms with Gasteiger partial charge >= 0.3 is 5.97 Å². The first-order valence-electron chi connectivity index (χ1n) is 9.62. The number of piperazine rings is 1. The highest BCUT2D eigenvalue weighted by Gasteiger charge is 2.29. The Kier molecular flexibility index (Phi) is 6.89. The summed E-state index contributed by atoms with van der Waals surface area (Å²) >= 11 is 5.96. The first-order chi connectivity index (χ1) is 13.1. The zero-order chi connectivity index (χ0) is 19.2. The summed E-state index contributed by atoms with van der Waals surface area (Å²) in [6.07, 6.45) is 2.49. The van der Waals surface area contributed by atoms with E-state index in [0.29, 0.717) is 6.42 Å². The quantitative estimate of drug-likeness (QED) is 0.752. The summed E-state index contributed by atoms with van der Waals surface area (Å²) in [6.45, 7) is 4.44. The molecule has 2 aromatic carbocycles. The van der Waals surface area contributed by atoms with Crippen LogP contribution in [0, 0.1) is 0 Å². The van der Waals surface area contributed by atoms with Crippen LogP contribution in [-0.4, -0.2) is 47.7 Å². The molecule has 2 aromatic rings. The number of nitrogens with zero attached hydrogens (tertiary/aromatic N) is 1. The van der Waals surface area contributed by atoms with Crippen molar-refractivity contribution in [3.63, 3.8) is 0 Å². The van der Waals surface area contributed by atoms with Crippen LogP contribution in [0.2, 0.25) is 5.02 Å². The number of carbonyl (C=O) groups is 1. The van der Waals surface area contributed by atoms with Crippen molar-refractivity contribution >= 4 is 17.6 Å². The van der Waals surface area contributed by atoms with E-state index in [-0.39, 0.29) is 12.1 Å². The van der Waals surface area contributed by atoms with Crippen LogP contribution in [0.3, 0.4) is 0 Å². The second kappa shape index (κ2) is 9.36. The summed E-state index contributed by atoms with van der Waals surface area (Å²) in [5.41, 5.74) is 3.58. The minimum Gasteiger partial charge on any atom is -0.480 e. The van der Waals surface area contributed by atoms with Crippen molar-refractivity contribution in [2.24, 2.45) is 0 Å². The van der Waals surface area contributed by atoms with Gasteiger partial charge < -0.3 is 10.4 Å². The summed E-state index contributed by atoms with van der Waals surface area (Å²) in [7, 11) is 0. The third-order valence-corrected chi connectivity index (χ3v) is 5.44. The predicted molar refractivity (Wildman–Crippen MR) is 110 cm³/mol. The normalized spacial score (nSPS) is 19.0. The standard InChI is InChI=1S/C22H27ClN2O2/c1-2-3-21(22(26)27)25-13-12-24-20(15-25)14-16-4-6-17(7-5-16)18-8-10-19(23)11-9-18/h4-11,20-21,24H,2-3,12-15H2,1H3,(H,26,27)/t20?,21-/m0/s1. The minimum absolute atomic E-state index is 0.277. The lowest BCUT2D eigenvalue weighted by atomic mass is 9.99. The molecule has 144 valence electrons. The van der Waals surface area contributed by atoms with Crippen LogP contribution in [0.5, 0.6) is 0 Å². The lowest BCUT2D eigenvalue weighted by Gasteiger charge is -2.37. The largest absolute Gasteiger partial charge is 0.480 e. The van der Waals surface area contributed by atoms with E-state index in [4.69, 9.17) is 11.6 Å². The molecule has 1 saturated heterocycles. The van der Waals surface area contributed by atoms with Gasteiger partial charge in [0.1, 0.15) is 6.04 Å². The molecule has 0 aromatic heterocycles. The van der Waals surface area contributed by atoms with Crippen molar-refractivity contribution in [2.45, 2.75) is 38.3 Å². The highest BCUT2D eigenvalue weighted by Crippen LogP contribution is 2.22. The molecule has 1 fully saturated rings. The molecule has 0 radical (unpaired) electrons. The second-order valence-electron chi connectivity index (χ2n) is 7.20. The third-order valence-electron chi connectivity index (χ3n) is 5.19. The SMILES string of the molecule is CCC[C@@H](C(=O)O)N1CCNC(Cc2ccc(-c3ccc(Cl)cc3)cc2)C1. The lowest BCUT2D eigenvalue weighted by Crippen LogP contribution is -2.56. The smallest absolute Gasteiger partial charge is 0.320 e. The molecule has 27 heavy (non-hydrogen) atoms. The molecule has 1 heterocycles. The van der Waals surface area contributed by atoms with E-state index in [0.717, 1.165) is 43.1 Å². The lowest BCUT2D eigenvalue weighted by molar-refractivity contribution is -0.144. The van der Waals surface area contributed by atoms with E-state index in [1.165, 1.54) is 11.1 Å². The van der Waals surface area contributed by atoms with Gasteiger partial charge in [0.25, 0.3) is 0 Å². The van der Waals surface area contributed by atoms with Gasteiger partial charge in [-0.1, -0.05) is 61.3 Å². The van der Waals surface area contributed by atoms with Gasteiger partial charge in [-0.25, -0.2) is 0 Å². The first kappa shape index (κ1) is 19.9. The number of carboxylic acids is 1. The molecule has 0 saturated carbocycles. The van der Waals surface area contributed by atoms with Crippen LogP contribution in [-0.2, 0) is 11.2 Å². The van der Waals surface area contributed by atoms with Crippen molar-refractivity contribution < 1.29 is 9.90 Å². The van der Waals surface area contributed by atoms with Crippen LogP contribution < -0.4 is 5.32 Å². The fourth-order valence-electron chi connectivity index (χ4n) is 3.77. The van der Waals surface area contributed by atoms with Gasteiger partial charge in [-0.3, -0.25) is 9.69 Å². The molecule has 0 aliphatic carbocycles. The molecule has 0 bridgehead atoms. The monoisotopic (exact) mass is 386 g/mol. The number of aliphatic carboxylic acids is 1. The Morgan fingerprint density at radius 3 is 2.41 bits per heavy atom. The molecule has 1 unspecified atom stereocenters. The third kappa shape index (κ3) is 5.32. The van der Waals surface area contributed by atoms with Crippen LogP contribution in [0.1, 0.15) is 25.3 Å². The summed E-state index contributed by atoms with van der Waals surface area (Å²) in [5.74, 6) is -0.704. The highest BCUT2D eigenvalue weighted by atomic mass is 35.5. The molecule has 2 N–H and O–H groups in total. The van der Waals surface area contributed by atoms with Crippen molar-refractivity contribution in [1.29, 1.82) is 0 Å². The second-order valence-corrected chi connectivity index (χ2v) is 7.63. The van der Waals surface area contributed by atoms with Crippen LogP contribution >= 0.6 is 11.6 Å². The number of nitrogens with one attached hydrogen (secondary N) is 1. The maximum atomic E-state index is 11.6. The zero-order valence-corrected chi connectivity index (χ0v) is 16.5. The van der Waals surface area contributed by atoms with Crippen LogP contribution in [0.4, 0.5) is 0 Å². The number of hydrogen-bond donors (Lipinski definition) is 2. The molecule has 0 amide bonds. The topological polar surface area (TPSA) is 52.6 Å². The van der Waals surface area contributed by atoms with E-state index in [1.54, 1.807) is 0 Å². The number of halogens is 1. The molecule has 3 rings (SSSR count). The molecule has 5 heteroatoms. The maximum absolute atomic E-state index is 11.6. The van der Waals surface area contributed by atoms with E-state index in [2.05, 4.69) is 34.5 Å². The van der Waals surface area contributed by atoms with Gasteiger partial charge in [-0.05, 0) is 41.7 Å². The van der Waals surface area contributed by atoms with Gasteiger partial charge in [-0.2, -0.15) is 0 Å². The average molecular weight is 387 g/mol. The molecule has 1 aliphatic heterocycles. The molecule has 2 atom stereocenters. The average Bonchev–Trinajstić information content (AvgIpc) is 2.67. The van der Waals surface area contributed by atoms with Gasteiger partial charge in [0.15, 0.2) is 0 Å². The fourth-order valence-corrected chi connectivity index (χ4v) is 3.89. The van der Waals surface area contributed by atoms with Crippen LogP contribution in [0.25, 0.3) is 11.1 Å². The van der Waals surface area contributed by atoms with E-state index in [9.17, 15) is 9.90 Å². The molecule has 4 nitrogen and oxygen atoms in total. The fraction of sp³-hybridized carbons (Fsp3) is 0.409. The van der Waals surface area contributed by atoms with Gasteiger partial charge in [-0.15, -0.1) is 0 Å². The first-order valence-corrected chi connectivity index (χ1v) is 9.99. The molecule has 0 spiro atoms. The predicted octanol–water partition coefficient (Wildman–Crippen LogP) is 4.08. The Hall–Kier alpha value is -1.88. The Bertz CT molecular complexity index is 746. The number of rotatable bonds is 7. The van der Waals surface area contributed by atoms with Crippen molar-refractivity contribution in [3.05, 3.63) is 59.1 Å². The van der Waals surface area contributed by atoms with Crippen molar-refractivity contribution in [3.8, 4) is 11.1 Å². The summed E-state index contributed by atoms with van der Waals surface area (Å²) in [4.78, 5) is 13.7. The Labute approximate surface area is 166 Å². The maximum Gasteiger partial charge on any atom is 0.320 e. The van der Waals surface area contributed by atoms with E-state index in [1.807, 2.05) is 31.2 Å². The van der Waals surface area contributed by atoms with E-state index >= 15 is 0 Å². The zero-order valence-electron chi connectivity index (χ0n) is 15.7. The molecule has 1 aliphatic rings. The Balaban J connectivity index is 1.62. The molecular formula is C22H27ClN2O2. The summed E-state index contributed by atoms with van der Waals surface area (Å²) in [5, 5.41) is 13.8. The summed E-state index contributed by atoms with van der Waals surface area (Å²) in [6, 6.07) is 16.4. The number of benzene rings is 2. The van der Waals surface area contributed by atoms with Gasteiger partial charge in [0.05, 0.1) is 0 Å². The van der Waals surface area contributed by atoms with Crippen molar-refractivity contribution in [1.82, 2.24) is 10.2 Å². The summed E-state index contributed by atoms with van der Waals surface area (Å²) < 4.78 is 0. The number of hydrogen-bond acceptors (Lipinski definition) is 3. The Morgan fingerprint density at radius 1 is 1.19 bits per heavy atom. The van der Waals surface area contributed by atoms with E-state index < -0.39 is 5.97 Å². The Morgan fingerprint density at radius 2 is 1.81 bits per heavy atom. The molecular weight excluding hydrogens is 360 g/mol. The minimum atomic E-state index is -0.704. The van der Waals surface area contributed by atoms with Gasteiger partial charge in [0, 0.05) is 30.7 Å². The van der Waals surface area contributed by atoms with Crippen LogP contribution in [0.15, 0.2) is 48.5 Å². The highest BCUT2D eigenvalue weighted by molar-refractivity contribution is 6.30. The van der Waals surface area contributed by atoms with Crippen molar-refractivity contribution in [2.75, 3.05) is 19.6 Å².